The van der Waals surface area contributed by atoms with Gasteiger partial charge >= 0.3 is 0 Å². The first-order valence-electron chi connectivity index (χ1n) is 8.37. The van der Waals surface area contributed by atoms with Crippen LogP contribution in [0.15, 0.2) is 18.6 Å². The number of aliphatic hydroxyl groups is 1. The second kappa shape index (κ2) is 6.32. The van der Waals surface area contributed by atoms with Crippen LogP contribution in [-0.4, -0.2) is 44.6 Å². The molecule has 1 saturated carbocycles. The van der Waals surface area contributed by atoms with Crippen molar-refractivity contribution >= 4 is 5.91 Å². The van der Waals surface area contributed by atoms with Gasteiger partial charge in [-0.3, -0.25) is 14.8 Å². The number of aryl methyl sites for hydroxylation is 1. The van der Waals surface area contributed by atoms with E-state index >= 15 is 0 Å². The molecule has 1 aromatic heterocycles. The Morgan fingerprint density at radius 3 is 3.05 bits per heavy atom. The minimum atomic E-state index is -0.567. The minimum absolute atomic E-state index is 0.179. The highest BCUT2D eigenvalue weighted by molar-refractivity contribution is 5.76. The number of hydrogen-bond donors (Lipinski definition) is 1. The van der Waals surface area contributed by atoms with Crippen LogP contribution in [0.3, 0.4) is 0 Å². The summed E-state index contributed by atoms with van der Waals surface area (Å²) in [7, 11) is 0. The van der Waals surface area contributed by atoms with Gasteiger partial charge in [-0.2, -0.15) is 0 Å². The molecule has 2 fully saturated rings. The van der Waals surface area contributed by atoms with Crippen LogP contribution < -0.4 is 0 Å². The molecular weight excluding hydrogens is 278 g/mol. The number of hydrogen-bond acceptors (Lipinski definition) is 4. The van der Waals surface area contributed by atoms with Gasteiger partial charge in [-0.25, -0.2) is 0 Å². The van der Waals surface area contributed by atoms with Crippen LogP contribution >= 0.6 is 0 Å². The zero-order chi connectivity index (χ0) is 15.6. The molecule has 1 aliphatic carbocycles. The Balaban J connectivity index is 1.58. The van der Waals surface area contributed by atoms with Gasteiger partial charge in [0.05, 0.1) is 11.3 Å². The molecule has 120 valence electrons. The fraction of sp³-hybridized carbons (Fsp3) is 0.706. The summed E-state index contributed by atoms with van der Waals surface area (Å²) < 4.78 is 0. The lowest BCUT2D eigenvalue weighted by Crippen LogP contribution is -2.44. The molecule has 1 amide bonds. The molecule has 0 aromatic carbocycles. The molecule has 0 radical (unpaired) electrons. The Kier molecular flexibility index (Phi) is 4.43. The Hall–Kier alpha value is -1.49. The predicted octanol–water partition coefficient (Wildman–Crippen LogP) is 1.81. The zero-order valence-corrected chi connectivity index (χ0v) is 13.2. The lowest BCUT2D eigenvalue weighted by atomic mass is 9.69. The second-order valence-corrected chi connectivity index (χ2v) is 6.71. The lowest BCUT2D eigenvalue weighted by molar-refractivity contribution is -0.130. The summed E-state index contributed by atoms with van der Waals surface area (Å²) in [4.78, 5) is 22.7. The number of nitrogens with zero attached hydrogens (tertiary/aromatic N) is 3. The summed E-state index contributed by atoms with van der Waals surface area (Å²) in [6.07, 6.45) is 10.0. The highest BCUT2D eigenvalue weighted by atomic mass is 16.3. The first kappa shape index (κ1) is 15.4. The maximum atomic E-state index is 12.5. The molecular formula is C17H25N3O2. The number of likely N-dealkylation sites (tertiary alicyclic amines) is 1. The van der Waals surface area contributed by atoms with E-state index < -0.39 is 5.60 Å². The van der Waals surface area contributed by atoms with Gasteiger partial charge in [-0.1, -0.05) is 13.3 Å². The van der Waals surface area contributed by atoms with Crippen LogP contribution in [0.25, 0.3) is 0 Å². The van der Waals surface area contributed by atoms with Crippen molar-refractivity contribution in [3.05, 3.63) is 24.3 Å². The van der Waals surface area contributed by atoms with Crippen LogP contribution in [0.4, 0.5) is 0 Å². The third kappa shape index (κ3) is 3.00. The molecule has 5 nitrogen and oxygen atoms in total. The van der Waals surface area contributed by atoms with Crippen LogP contribution in [-0.2, 0) is 11.2 Å². The Morgan fingerprint density at radius 2 is 2.32 bits per heavy atom. The summed E-state index contributed by atoms with van der Waals surface area (Å²) in [6.45, 7) is 3.58. The third-order valence-corrected chi connectivity index (χ3v) is 5.49. The quantitative estimate of drug-likeness (QED) is 0.921. The minimum Gasteiger partial charge on any atom is -0.390 e. The number of aromatic nitrogens is 2. The van der Waals surface area contributed by atoms with Gasteiger partial charge in [0.1, 0.15) is 0 Å². The number of amides is 1. The Bertz CT molecular complexity index is 522. The van der Waals surface area contributed by atoms with Gasteiger partial charge in [-0.05, 0) is 31.6 Å². The maximum Gasteiger partial charge on any atom is 0.222 e. The second-order valence-electron chi connectivity index (χ2n) is 6.71. The Labute approximate surface area is 131 Å². The molecule has 1 aliphatic heterocycles. The van der Waals surface area contributed by atoms with E-state index in [0.29, 0.717) is 25.3 Å². The van der Waals surface area contributed by atoms with Gasteiger partial charge in [-0.15, -0.1) is 0 Å². The first-order valence-corrected chi connectivity index (χ1v) is 8.37. The molecule has 1 N–H and O–H groups in total. The fourth-order valence-electron chi connectivity index (χ4n) is 4.12. The maximum absolute atomic E-state index is 12.5. The van der Waals surface area contributed by atoms with Gasteiger partial charge in [0.25, 0.3) is 0 Å². The SMILES string of the molecule is CC[C@]1(O)CCC[C@H]2CN(C(=O)CCc3cnccn3)C[C@H]21. The highest BCUT2D eigenvalue weighted by Gasteiger charge is 2.48. The average Bonchev–Trinajstić information content (AvgIpc) is 3.00. The standard InChI is InChI=1S/C17H25N3O2/c1-2-17(22)7-3-4-13-11-20(12-15(13)17)16(21)6-5-14-10-18-8-9-19-14/h8-10,13,15,22H,2-7,11-12H2,1H3/t13-,15+,17-/m0/s1. The van der Waals surface area contributed by atoms with E-state index in [1.165, 1.54) is 0 Å². The molecule has 2 heterocycles. The summed E-state index contributed by atoms with van der Waals surface area (Å²) in [5.41, 5.74) is 0.292. The van der Waals surface area contributed by atoms with Crippen LogP contribution in [0.2, 0.25) is 0 Å². The van der Waals surface area contributed by atoms with E-state index in [9.17, 15) is 9.90 Å². The molecule has 0 bridgehead atoms. The van der Waals surface area contributed by atoms with E-state index in [1.807, 2.05) is 4.90 Å². The number of carbonyl (C=O) groups excluding carboxylic acids is 1. The van der Waals surface area contributed by atoms with Crippen LogP contribution in [0.1, 0.15) is 44.7 Å². The summed E-state index contributed by atoms with van der Waals surface area (Å²) in [5.74, 6) is 0.907. The van der Waals surface area contributed by atoms with E-state index in [2.05, 4.69) is 16.9 Å². The van der Waals surface area contributed by atoms with Crippen LogP contribution in [0, 0.1) is 11.8 Å². The van der Waals surface area contributed by atoms with Crippen molar-refractivity contribution in [2.75, 3.05) is 13.1 Å². The average molecular weight is 303 g/mol. The largest absolute Gasteiger partial charge is 0.390 e. The van der Waals surface area contributed by atoms with Gasteiger partial charge in [0.2, 0.25) is 5.91 Å². The van der Waals surface area contributed by atoms with Crippen molar-refractivity contribution in [3.8, 4) is 0 Å². The van der Waals surface area contributed by atoms with Gasteiger partial charge < -0.3 is 10.0 Å². The summed E-state index contributed by atoms with van der Waals surface area (Å²) in [6, 6.07) is 0. The van der Waals surface area contributed by atoms with Crippen molar-refractivity contribution in [2.45, 2.75) is 51.0 Å². The number of carbonyl (C=O) groups is 1. The first-order chi connectivity index (χ1) is 10.6. The number of fused-ring (bicyclic) bond motifs is 1. The van der Waals surface area contributed by atoms with E-state index in [-0.39, 0.29) is 11.8 Å². The molecule has 3 rings (SSSR count). The van der Waals surface area contributed by atoms with E-state index in [4.69, 9.17) is 0 Å². The smallest absolute Gasteiger partial charge is 0.222 e. The molecule has 22 heavy (non-hydrogen) atoms. The van der Waals surface area contributed by atoms with Crippen LogP contribution in [0.5, 0.6) is 0 Å². The number of rotatable bonds is 4. The van der Waals surface area contributed by atoms with E-state index in [0.717, 1.165) is 37.9 Å². The predicted molar refractivity (Wildman–Crippen MR) is 83.0 cm³/mol. The van der Waals surface area contributed by atoms with Gasteiger partial charge in [0, 0.05) is 44.0 Å². The van der Waals surface area contributed by atoms with Crippen molar-refractivity contribution in [2.24, 2.45) is 11.8 Å². The molecule has 1 saturated heterocycles. The van der Waals surface area contributed by atoms with Gasteiger partial charge in [0.15, 0.2) is 0 Å². The topological polar surface area (TPSA) is 66.3 Å². The van der Waals surface area contributed by atoms with Crippen molar-refractivity contribution in [1.29, 1.82) is 0 Å². The summed E-state index contributed by atoms with van der Waals surface area (Å²) in [5, 5.41) is 10.8. The van der Waals surface area contributed by atoms with E-state index in [1.54, 1.807) is 18.6 Å². The zero-order valence-electron chi connectivity index (χ0n) is 13.2. The van der Waals surface area contributed by atoms with Crippen molar-refractivity contribution in [1.82, 2.24) is 14.9 Å². The molecule has 1 aromatic rings. The lowest BCUT2D eigenvalue weighted by Gasteiger charge is -2.40. The highest BCUT2D eigenvalue weighted by Crippen LogP contribution is 2.44. The fourth-order valence-corrected chi connectivity index (χ4v) is 4.12. The molecule has 3 atom stereocenters. The third-order valence-electron chi connectivity index (χ3n) is 5.49. The van der Waals surface area contributed by atoms with Crippen molar-refractivity contribution < 1.29 is 9.90 Å². The molecule has 0 spiro atoms. The van der Waals surface area contributed by atoms with Crippen molar-refractivity contribution in [3.63, 3.8) is 0 Å². The molecule has 0 unspecified atom stereocenters. The monoisotopic (exact) mass is 303 g/mol. The molecule has 5 heteroatoms. The summed E-state index contributed by atoms with van der Waals surface area (Å²) >= 11 is 0. The molecule has 2 aliphatic rings. The Morgan fingerprint density at radius 1 is 1.45 bits per heavy atom. The normalized spacial score (nSPS) is 31.1.